The normalized spacial score (nSPS) is 26.8. The van der Waals surface area contributed by atoms with Crippen molar-refractivity contribution in [2.75, 3.05) is 18.0 Å². The van der Waals surface area contributed by atoms with Crippen LogP contribution in [0.25, 0.3) is 10.1 Å². The lowest BCUT2D eigenvalue weighted by atomic mass is 9.99. The summed E-state index contributed by atoms with van der Waals surface area (Å²) in [6, 6.07) is 8.65. The zero-order valence-electron chi connectivity index (χ0n) is 24.0. The molecule has 238 valence electrons. The second-order valence-electron chi connectivity index (χ2n) is 12.5. The number of nitrogens with one attached hydrogen (secondary N) is 2. The summed E-state index contributed by atoms with van der Waals surface area (Å²) in [6.45, 7) is 1.26. The average molecular weight is 660 g/mol. The Labute approximate surface area is 261 Å². The van der Waals surface area contributed by atoms with Gasteiger partial charge in [-0.2, -0.15) is 8.78 Å². The van der Waals surface area contributed by atoms with E-state index in [0.717, 1.165) is 48.5 Å². The van der Waals surface area contributed by atoms with E-state index in [1.165, 1.54) is 12.1 Å². The molecule has 5 heterocycles. The summed E-state index contributed by atoms with van der Waals surface area (Å²) in [5.41, 5.74) is -5.22. The van der Waals surface area contributed by atoms with Crippen molar-refractivity contribution in [2.24, 2.45) is 11.8 Å². The zero-order valence-corrected chi connectivity index (χ0v) is 25.7. The van der Waals surface area contributed by atoms with Gasteiger partial charge in [-0.1, -0.05) is 12.1 Å². The number of carbonyl (C=O) groups is 3. The van der Waals surface area contributed by atoms with Gasteiger partial charge in [-0.15, -0.1) is 11.3 Å². The van der Waals surface area contributed by atoms with E-state index in [4.69, 9.17) is 9.79 Å². The van der Waals surface area contributed by atoms with Gasteiger partial charge in [0.15, 0.2) is 0 Å². The second kappa shape index (κ2) is 11.1. The average Bonchev–Trinajstić information content (AvgIpc) is 3.35. The number of pyridine rings is 1. The molecule has 2 aromatic heterocycles. The summed E-state index contributed by atoms with van der Waals surface area (Å²) >= 11 is 1.03. The van der Waals surface area contributed by atoms with Crippen LogP contribution in [0.2, 0.25) is 0 Å². The number of alkyl halides is 2. The fraction of sp³-hybridized carbons (Fsp3) is 0.467. The molecule has 0 unspecified atom stereocenters. The lowest BCUT2D eigenvalue weighted by molar-refractivity contribution is -0.143. The molecule has 1 saturated carbocycles. The van der Waals surface area contributed by atoms with Crippen molar-refractivity contribution >= 4 is 52.6 Å². The van der Waals surface area contributed by atoms with Crippen LogP contribution in [0.1, 0.15) is 47.3 Å². The van der Waals surface area contributed by atoms with Crippen molar-refractivity contribution in [3.63, 3.8) is 0 Å². The first-order chi connectivity index (χ1) is 21.4. The maximum Gasteiger partial charge on any atom is 0.399 e. The van der Waals surface area contributed by atoms with Crippen molar-refractivity contribution in [1.82, 2.24) is 20.5 Å². The summed E-state index contributed by atoms with van der Waals surface area (Å²) < 4.78 is 40.4. The Morgan fingerprint density at radius 1 is 1.02 bits per heavy atom. The van der Waals surface area contributed by atoms with Gasteiger partial charge in [0.1, 0.15) is 17.9 Å². The van der Waals surface area contributed by atoms with E-state index in [1.54, 1.807) is 11.1 Å². The number of hydrogen-bond acceptors (Lipinski definition) is 7. The Kier molecular flexibility index (Phi) is 7.46. The Bertz CT molecular complexity index is 1710. The number of benzene rings is 1. The number of nitrogens with zero attached hydrogens (tertiary/aromatic N) is 3. The third kappa shape index (κ3) is 5.62. The number of fused-ring (bicyclic) bond motifs is 3. The molecule has 5 atom stereocenters. The molecule has 4 N–H and O–H groups in total. The number of thiophene rings is 1. The van der Waals surface area contributed by atoms with Gasteiger partial charge < -0.3 is 30.2 Å². The number of anilines is 1. The van der Waals surface area contributed by atoms with Gasteiger partial charge in [0, 0.05) is 35.6 Å². The smallest absolute Gasteiger partial charge is 0.352 e. The molecular weight excluding hydrogens is 627 g/mol. The van der Waals surface area contributed by atoms with Crippen molar-refractivity contribution < 1.29 is 37.5 Å². The van der Waals surface area contributed by atoms with Crippen LogP contribution in [0, 0.1) is 11.8 Å². The molecule has 1 aliphatic carbocycles. The predicted molar refractivity (Wildman–Crippen MR) is 162 cm³/mol. The molecular formula is C30H32F2N5O6PS. The Hall–Kier alpha value is -3.45. The molecule has 15 heteroatoms. The molecule has 1 aromatic carbocycles. The minimum absolute atomic E-state index is 0.0538. The third-order valence-electron chi connectivity index (χ3n) is 9.50. The van der Waals surface area contributed by atoms with Crippen LogP contribution in [0.5, 0.6) is 0 Å². The van der Waals surface area contributed by atoms with E-state index >= 15 is 0 Å². The molecule has 0 spiro atoms. The van der Waals surface area contributed by atoms with Gasteiger partial charge in [0.25, 0.3) is 5.91 Å². The molecule has 4 fully saturated rings. The summed E-state index contributed by atoms with van der Waals surface area (Å²) in [7, 11) is -5.75. The maximum absolute atomic E-state index is 14.3. The van der Waals surface area contributed by atoms with Crippen LogP contribution in [0.3, 0.4) is 0 Å². The highest BCUT2D eigenvalue weighted by Crippen LogP contribution is 2.59. The molecule has 3 saturated heterocycles. The first-order valence-electron chi connectivity index (χ1n) is 15.0. The van der Waals surface area contributed by atoms with Gasteiger partial charge in [-0.25, -0.2) is 4.98 Å². The molecule has 7 rings (SSSR count). The summed E-state index contributed by atoms with van der Waals surface area (Å²) in [5.74, 6) is 0.562. The third-order valence-corrected chi connectivity index (χ3v) is 11.6. The second-order valence-corrected chi connectivity index (χ2v) is 15.2. The minimum atomic E-state index is -5.75. The number of amides is 3. The van der Waals surface area contributed by atoms with Crippen molar-refractivity contribution in [1.29, 1.82) is 0 Å². The van der Waals surface area contributed by atoms with Gasteiger partial charge in [0.05, 0.1) is 10.9 Å². The van der Waals surface area contributed by atoms with Gasteiger partial charge in [-0.3, -0.25) is 18.9 Å². The number of carbonyl (C=O) groups excluding carboxylic acids is 3. The number of halogens is 2. The largest absolute Gasteiger partial charge is 0.399 e. The molecule has 4 aliphatic rings. The number of rotatable bonds is 7. The monoisotopic (exact) mass is 659 g/mol. The molecule has 45 heavy (non-hydrogen) atoms. The molecule has 0 bridgehead atoms. The maximum atomic E-state index is 14.3. The van der Waals surface area contributed by atoms with E-state index in [1.807, 2.05) is 18.2 Å². The lowest BCUT2D eigenvalue weighted by Gasteiger charge is -2.41. The van der Waals surface area contributed by atoms with Crippen molar-refractivity contribution in [3.05, 3.63) is 59.1 Å². The molecule has 0 radical (unpaired) electrons. The van der Waals surface area contributed by atoms with Gasteiger partial charge >= 0.3 is 13.3 Å². The fourth-order valence-electron chi connectivity index (χ4n) is 6.98. The van der Waals surface area contributed by atoms with Crippen LogP contribution in [-0.2, 0) is 19.8 Å². The van der Waals surface area contributed by atoms with Gasteiger partial charge in [0.2, 0.25) is 11.8 Å². The Morgan fingerprint density at radius 2 is 1.80 bits per heavy atom. The SMILES string of the molecule is O=C(N[C@H]1C[C@@H]2C[C@@H]2C[C@H]2CC[C@@H](C(=O)NC3CN(c4ccccn4)C3)N2C1=O)c1cc2cc(C(F)(F)P(=O)(O)O)ccc2s1. The molecule has 3 aliphatic heterocycles. The molecule has 3 amide bonds. The zero-order chi connectivity index (χ0) is 31.7. The molecule has 3 aromatic rings. The first kappa shape index (κ1) is 30.2. The van der Waals surface area contributed by atoms with E-state index in [-0.39, 0.29) is 34.2 Å². The van der Waals surface area contributed by atoms with E-state index in [9.17, 15) is 27.7 Å². The topological polar surface area (TPSA) is 152 Å². The predicted octanol–water partition coefficient (Wildman–Crippen LogP) is 3.42. The van der Waals surface area contributed by atoms with E-state index < -0.39 is 36.8 Å². The van der Waals surface area contributed by atoms with Crippen LogP contribution in [-0.4, -0.2) is 74.6 Å². The number of hydrogen-bond donors (Lipinski definition) is 4. The highest BCUT2D eigenvalue weighted by Gasteiger charge is 2.52. The van der Waals surface area contributed by atoms with Crippen molar-refractivity contribution in [3.8, 4) is 0 Å². The Balaban J connectivity index is 1.05. The quantitative estimate of drug-likeness (QED) is 0.282. The number of aromatic nitrogens is 1. The van der Waals surface area contributed by atoms with Crippen LogP contribution >= 0.6 is 18.9 Å². The first-order valence-corrected chi connectivity index (χ1v) is 17.4. The van der Waals surface area contributed by atoms with Crippen molar-refractivity contribution in [2.45, 2.75) is 61.9 Å². The standard InChI is InChI=1S/C30H32F2N5O6PS/c31-30(32,44(41,42)43)19-4-7-24-18(10-19)13-25(45-24)28(39)35-22-12-17-9-16(17)11-21-5-6-23(37(21)29(22)40)27(38)34-20-14-36(15-20)26-3-1-2-8-33-26/h1-4,7-8,10,13,16-17,20-23H,5-6,9,11-12,14-15H2,(H,34,38)(H,35,39)(H2,41,42,43)/t16-,17+,21-,22+,23+/m1/s1. The minimum Gasteiger partial charge on any atom is -0.352 e. The van der Waals surface area contributed by atoms with Crippen LogP contribution in [0.15, 0.2) is 48.7 Å². The summed E-state index contributed by atoms with van der Waals surface area (Å²) in [5, 5.41) is 6.19. The molecule has 11 nitrogen and oxygen atoms in total. The highest BCUT2D eigenvalue weighted by atomic mass is 32.1. The lowest BCUT2D eigenvalue weighted by Crippen LogP contribution is -2.63. The summed E-state index contributed by atoms with van der Waals surface area (Å²) in [6.07, 6.45) is 5.26. The van der Waals surface area contributed by atoms with E-state index in [2.05, 4.69) is 20.5 Å². The Morgan fingerprint density at radius 3 is 2.53 bits per heavy atom. The van der Waals surface area contributed by atoms with Gasteiger partial charge in [-0.05, 0) is 79.7 Å². The fourth-order valence-corrected chi connectivity index (χ4v) is 8.40. The highest BCUT2D eigenvalue weighted by molar-refractivity contribution is 7.52. The van der Waals surface area contributed by atoms with Crippen LogP contribution in [0.4, 0.5) is 14.6 Å². The summed E-state index contributed by atoms with van der Waals surface area (Å²) in [4.78, 5) is 67.4. The van der Waals surface area contributed by atoms with Crippen LogP contribution < -0.4 is 15.5 Å². The van der Waals surface area contributed by atoms with E-state index in [0.29, 0.717) is 42.5 Å².